The molecule has 0 fully saturated rings. The number of rotatable bonds is 7. The Morgan fingerprint density at radius 2 is 1.92 bits per heavy atom. The minimum absolute atomic E-state index is 0.345. The Kier molecular flexibility index (Phi) is 7.09. The Bertz CT molecular complexity index is 120. The highest BCUT2D eigenvalue weighted by Crippen LogP contribution is 2.05. The molecule has 0 aliphatic rings. The third-order valence-corrected chi connectivity index (χ3v) is 1.99. The number of ether oxygens (including phenoxy) is 1. The van der Waals surface area contributed by atoms with Gasteiger partial charge in [-0.15, -0.1) is 0 Å². The summed E-state index contributed by atoms with van der Waals surface area (Å²) in [4.78, 5) is 0. The van der Waals surface area contributed by atoms with E-state index in [0.717, 1.165) is 6.42 Å². The Balaban J connectivity index is 3.39. The monoisotopic (exact) mass is 195 g/mol. The predicted molar refractivity (Wildman–Crippen MR) is 49.1 cm³/mol. The van der Waals surface area contributed by atoms with Gasteiger partial charge in [-0.1, -0.05) is 13.8 Å². The molecule has 0 aromatic rings. The topological polar surface area (TPSA) is 21.3 Å². The van der Waals surface area contributed by atoms with Crippen LogP contribution in [0.2, 0.25) is 0 Å². The van der Waals surface area contributed by atoms with Gasteiger partial charge in [-0.2, -0.15) is 0 Å². The second-order valence-corrected chi connectivity index (χ2v) is 3.39. The summed E-state index contributed by atoms with van der Waals surface area (Å²) in [5, 5.41) is 3.12. The lowest BCUT2D eigenvalue weighted by Gasteiger charge is -2.19. The van der Waals surface area contributed by atoms with Crippen molar-refractivity contribution in [3.63, 3.8) is 0 Å². The maximum absolute atomic E-state index is 11.7. The Morgan fingerprint density at radius 1 is 1.31 bits per heavy atom. The van der Waals surface area contributed by atoms with Crippen LogP contribution in [0, 0.1) is 5.92 Å². The van der Waals surface area contributed by atoms with Crippen LogP contribution in [0.15, 0.2) is 0 Å². The van der Waals surface area contributed by atoms with Gasteiger partial charge < -0.3 is 10.1 Å². The zero-order valence-electron chi connectivity index (χ0n) is 8.52. The number of hydrogen-bond acceptors (Lipinski definition) is 2. The second-order valence-electron chi connectivity index (χ2n) is 3.39. The molecule has 1 N–H and O–H groups in total. The van der Waals surface area contributed by atoms with Gasteiger partial charge in [0.05, 0.1) is 0 Å². The van der Waals surface area contributed by atoms with Crippen LogP contribution in [0.1, 0.15) is 20.3 Å². The largest absolute Gasteiger partial charge is 0.375 e. The molecule has 0 bridgehead atoms. The lowest BCUT2D eigenvalue weighted by molar-refractivity contribution is 0.0134. The molecule has 0 aromatic carbocycles. The van der Waals surface area contributed by atoms with Crippen LogP contribution in [-0.2, 0) is 4.74 Å². The van der Waals surface area contributed by atoms with Gasteiger partial charge in [-0.05, 0) is 19.4 Å². The first-order valence-corrected chi connectivity index (χ1v) is 4.61. The van der Waals surface area contributed by atoms with Crippen LogP contribution in [0.5, 0.6) is 0 Å². The molecule has 80 valence electrons. The predicted octanol–water partition coefficient (Wildman–Crippen LogP) is 1.90. The lowest BCUT2D eigenvalue weighted by atomic mass is 10.0. The Morgan fingerprint density at radius 3 is 2.31 bits per heavy atom. The van der Waals surface area contributed by atoms with Gasteiger partial charge in [0.1, 0.15) is 6.61 Å². The molecule has 0 saturated heterocycles. The number of hydrogen-bond donors (Lipinski definition) is 1. The van der Waals surface area contributed by atoms with Crippen molar-refractivity contribution in [2.24, 2.45) is 5.92 Å². The van der Waals surface area contributed by atoms with Crippen molar-refractivity contribution in [1.82, 2.24) is 5.32 Å². The molecule has 0 spiro atoms. The van der Waals surface area contributed by atoms with Crippen molar-refractivity contribution in [1.29, 1.82) is 0 Å². The van der Waals surface area contributed by atoms with Crippen molar-refractivity contribution < 1.29 is 13.5 Å². The maximum Gasteiger partial charge on any atom is 0.261 e. The van der Waals surface area contributed by atoms with Crippen molar-refractivity contribution >= 4 is 0 Å². The van der Waals surface area contributed by atoms with E-state index < -0.39 is 13.0 Å². The first kappa shape index (κ1) is 12.8. The van der Waals surface area contributed by atoms with Gasteiger partial charge in [0, 0.05) is 12.6 Å². The van der Waals surface area contributed by atoms with Crippen molar-refractivity contribution in [3.05, 3.63) is 0 Å². The highest BCUT2D eigenvalue weighted by Gasteiger charge is 2.10. The van der Waals surface area contributed by atoms with Gasteiger partial charge in [0.15, 0.2) is 0 Å². The van der Waals surface area contributed by atoms with E-state index in [1.807, 2.05) is 7.05 Å². The minimum atomic E-state index is -2.35. The summed E-state index contributed by atoms with van der Waals surface area (Å²) >= 11 is 0. The van der Waals surface area contributed by atoms with E-state index in [2.05, 4.69) is 19.2 Å². The number of nitrogens with one attached hydrogen (secondary N) is 1. The fourth-order valence-corrected chi connectivity index (χ4v) is 1.19. The van der Waals surface area contributed by atoms with Crippen LogP contribution in [0.3, 0.4) is 0 Å². The van der Waals surface area contributed by atoms with Crippen LogP contribution >= 0.6 is 0 Å². The van der Waals surface area contributed by atoms with Gasteiger partial charge in [-0.25, -0.2) is 8.78 Å². The summed E-state index contributed by atoms with van der Waals surface area (Å²) < 4.78 is 28.1. The molecule has 4 heteroatoms. The van der Waals surface area contributed by atoms with Gasteiger partial charge in [0.2, 0.25) is 0 Å². The summed E-state index contributed by atoms with van der Waals surface area (Å²) in [6.45, 7) is 4.13. The average Bonchev–Trinajstić information content (AvgIpc) is 2.03. The molecule has 1 atom stereocenters. The first-order chi connectivity index (χ1) is 6.07. The molecule has 0 aliphatic heterocycles. The maximum atomic E-state index is 11.7. The smallest absolute Gasteiger partial charge is 0.261 e. The van der Waals surface area contributed by atoms with E-state index in [1.165, 1.54) is 0 Å². The Hall–Kier alpha value is -0.220. The van der Waals surface area contributed by atoms with Gasteiger partial charge in [0.25, 0.3) is 6.43 Å². The standard InChI is InChI=1S/C9H19F2NO/c1-7(2)8(12-3)4-5-13-6-9(10)11/h7-9,12H,4-6H2,1-3H3. The highest BCUT2D eigenvalue weighted by atomic mass is 19.3. The van der Waals surface area contributed by atoms with Crippen molar-refractivity contribution in [2.45, 2.75) is 32.7 Å². The third-order valence-electron chi connectivity index (χ3n) is 1.99. The molecule has 1 unspecified atom stereocenters. The molecule has 13 heavy (non-hydrogen) atoms. The first-order valence-electron chi connectivity index (χ1n) is 4.61. The van der Waals surface area contributed by atoms with Crippen LogP contribution in [0.4, 0.5) is 8.78 Å². The SMILES string of the molecule is CNC(CCOCC(F)F)C(C)C. The molecule has 0 saturated carbocycles. The molecule has 0 radical (unpaired) electrons. The summed E-state index contributed by atoms with van der Waals surface area (Å²) in [5.41, 5.74) is 0. The molecule has 0 aliphatic carbocycles. The van der Waals surface area contributed by atoms with Crippen LogP contribution < -0.4 is 5.32 Å². The van der Waals surface area contributed by atoms with Crippen LogP contribution in [-0.4, -0.2) is 32.7 Å². The van der Waals surface area contributed by atoms with E-state index in [9.17, 15) is 8.78 Å². The summed E-state index contributed by atoms with van der Waals surface area (Å²) in [6.07, 6.45) is -1.58. The van der Waals surface area contributed by atoms with Crippen molar-refractivity contribution in [2.75, 3.05) is 20.3 Å². The molecule has 0 aromatic heterocycles. The second kappa shape index (κ2) is 7.21. The highest BCUT2D eigenvalue weighted by molar-refractivity contribution is 4.67. The van der Waals surface area contributed by atoms with E-state index in [1.54, 1.807) is 0 Å². The van der Waals surface area contributed by atoms with E-state index >= 15 is 0 Å². The molecule has 2 nitrogen and oxygen atoms in total. The molecule has 0 amide bonds. The number of halogens is 2. The minimum Gasteiger partial charge on any atom is -0.375 e. The average molecular weight is 195 g/mol. The lowest BCUT2D eigenvalue weighted by Crippen LogP contribution is -2.32. The summed E-state index contributed by atoms with van der Waals surface area (Å²) in [6, 6.07) is 0.345. The zero-order chi connectivity index (χ0) is 10.3. The molecular formula is C9H19F2NO. The van der Waals surface area contributed by atoms with Crippen LogP contribution in [0.25, 0.3) is 0 Å². The fourth-order valence-electron chi connectivity index (χ4n) is 1.19. The summed E-state index contributed by atoms with van der Waals surface area (Å²) in [5.74, 6) is 0.500. The fraction of sp³-hybridized carbons (Fsp3) is 1.00. The molecule has 0 rings (SSSR count). The summed E-state index contributed by atoms with van der Waals surface area (Å²) in [7, 11) is 1.87. The van der Waals surface area contributed by atoms with E-state index in [4.69, 9.17) is 4.74 Å². The van der Waals surface area contributed by atoms with E-state index in [0.29, 0.717) is 18.6 Å². The molecule has 0 heterocycles. The number of alkyl halides is 2. The normalized spacial score (nSPS) is 14.1. The van der Waals surface area contributed by atoms with E-state index in [-0.39, 0.29) is 0 Å². The Labute approximate surface area is 78.7 Å². The van der Waals surface area contributed by atoms with Gasteiger partial charge in [-0.3, -0.25) is 0 Å². The third kappa shape index (κ3) is 6.90. The van der Waals surface area contributed by atoms with Crippen molar-refractivity contribution in [3.8, 4) is 0 Å². The van der Waals surface area contributed by atoms with Gasteiger partial charge >= 0.3 is 0 Å². The zero-order valence-corrected chi connectivity index (χ0v) is 8.52. The quantitative estimate of drug-likeness (QED) is 0.626. The molecular weight excluding hydrogens is 176 g/mol.